The van der Waals surface area contributed by atoms with E-state index in [9.17, 15) is 0 Å². The SMILES string of the molecule is CCCC(NCC)C(CC)N(CCOCC)CCOCC. The maximum absolute atomic E-state index is 5.56. The van der Waals surface area contributed by atoms with Crippen molar-refractivity contribution in [1.82, 2.24) is 10.2 Å². The molecule has 0 radical (unpaired) electrons. The fourth-order valence-corrected chi connectivity index (χ4v) is 2.90. The Hall–Kier alpha value is -0.160. The van der Waals surface area contributed by atoms with E-state index in [1.54, 1.807) is 0 Å². The van der Waals surface area contributed by atoms with Gasteiger partial charge in [-0.1, -0.05) is 27.2 Å². The van der Waals surface area contributed by atoms with Gasteiger partial charge in [-0.05, 0) is 33.2 Å². The quantitative estimate of drug-likeness (QED) is 0.472. The van der Waals surface area contributed by atoms with Gasteiger partial charge in [-0.15, -0.1) is 0 Å². The predicted molar refractivity (Wildman–Crippen MR) is 91.0 cm³/mol. The highest BCUT2D eigenvalue weighted by atomic mass is 16.5. The summed E-state index contributed by atoms with van der Waals surface area (Å²) in [6.45, 7) is 17.1. The van der Waals surface area contributed by atoms with Gasteiger partial charge in [0.25, 0.3) is 0 Å². The van der Waals surface area contributed by atoms with Gasteiger partial charge in [0, 0.05) is 38.4 Å². The van der Waals surface area contributed by atoms with E-state index < -0.39 is 0 Å². The van der Waals surface area contributed by atoms with Gasteiger partial charge in [-0.2, -0.15) is 0 Å². The van der Waals surface area contributed by atoms with Crippen molar-refractivity contribution in [3.63, 3.8) is 0 Å². The van der Waals surface area contributed by atoms with E-state index in [0.717, 1.165) is 52.5 Å². The lowest BCUT2D eigenvalue weighted by atomic mass is 9.99. The molecular formula is C17H38N2O2. The fourth-order valence-electron chi connectivity index (χ4n) is 2.90. The van der Waals surface area contributed by atoms with Crippen LogP contribution >= 0.6 is 0 Å². The van der Waals surface area contributed by atoms with Gasteiger partial charge in [-0.3, -0.25) is 4.90 Å². The minimum absolute atomic E-state index is 0.561. The molecular weight excluding hydrogens is 264 g/mol. The molecule has 0 bridgehead atoms. The minimum atomic E-state index is 0.561. The highest BCUT2D eigenvalue weighted by molar-refractivity contribution is 4.83. The average molecular weight is 303 g/mol. The molecule has 0 aromatic rings. The van der Waals surface area contributed by atoms with Crippen molar-refractivity contribution >= 4 is 0 Å². The molecule has 0 aromatic carbocycles. The molecule has 21 heavy (non-hydrogen) atoms. The van der Waals surface area contributed by atoms with Gasteiger partial charge in [0.15, 0.2) is 0 Å². The average Bonchev–Trinajstić information content (AvgIpc) is 2.48. The molecule has 0 aliphatic rings. The Labute approximate surface area is 132 Å². The predicted octanol–water partition coefficient (Wildman–Crippen LogP) is 2.92. The van der Waals surface area contributed by atoms with Crippen molar-refractivity contribution in [2.24, 2.45) is 0 Å². The summed E-state index contributed by atoms with van der Waals surface area (Å²) in [5, 5.41) is 3.67. The van der Waals surface area contributed by atoms with Gasteiger partial charge < -0.3 is 14.8 Å². The van der Waals surface area contributed by atoms with Crippen LogP contribution in [-0.4, -0.2) is 63.0 Å². The normalized spacial score (nSPS) is 14.6. The van der Waals surface area contributed by atoms with Crippen molar-refractivity contribution in [3.8, 4) is 0 Å². The maximum atomic E-state index is 5.56. The Morgan fingerprint density at radius 3 is 1.86 bits per heavy atom. The highest BCUT2D eigenvalue weighted by Crippen LogP contribution is 2.14. The lowest BCUT2D eigenvalue weighted by Crippen LogP contribution is -2.51. The minimum Gasteiger partial charge on any atom is -0.380 e. The van der Waals surface area contributed by atoms with E-state index in [1.807, 2.05) is 0 Å². The molecule has 2 unspecified atom stereocenters. The number of hydrogen-bond donors (Lipinski definition) is 1. The van der Waals surface area contributed by atoms with Gasteiger partial charge in [-0.25, -0.2) is 0 Å². The summed E-state index contributed by atoms with van der Waals surface area (Å²) in [5.41, 5.74) is 0. The third-order valence-electron chi connectivity index (χ3n) is 3.87. The Morgan fingerprint density at radius 2 is 1.48 bits per heavy atom. The van der Waals surface area contributed by atoms with Crippen LogP contribution in [0.1, 0.15) is 53.9 Å². The van der Waals surface area contributed by atoms with Crippen LogP contribution < -0.4 is 5.32 Å². The van der Waals surface area contributed by atoms with Crippen LogP contribution in [0.2, 0.25) is 0 Å². The van der Waals surface area contributed by atoms with Crippen LogP contribution in [0.15, 0.2) is 0 Å². The zero-order valence-corrected chi connectivity index (χ0v) is 15.0. The molecule has 0 spiro atoms. The molecule has 0 rings (SSSR count). The smallest absolute Gasteiger partial charge is 0.0593 e. The van der Waals surface area contributed by atoms with Crippen LogP contribution in [0.3, 0.4) is 0 Å². The number of nitrogens with one attached hydrogen (secondary N) is 1. The Balaban J connectivity index is 4.65. The summed E-state index contributed by atoms with van der Waals surface area (Å²) in [6.07, 6.45) is 3.61. The summed E-state index contributed by atoms with van der Waals surface area (Å²) in [4.78, 5) is 2.55. The molecule has 0 heterocycles. The third kappa shape index (κ3) is 9.46. The van der Waals surface area contributed by atoms with Crippen LogP contribution in [0.5, 0.6) is 0 Å². The molecule has 0 amide bonds. The van der Waals surface area contributed by atoms with E-state index in [2.05, 4.69) is 44.8 Å². The van der Waals surface area contributed by atoms with E-state index in [-0.39, 0.29) is 0 Å². The lowest BCUT2D eigenvalue weighted by molar-refractivity contribution is 0.0502. The fraction of sp³-hybridized carbons (Fsp3) is 1.00. The summed E-state index contributed by atoms with van der Waals surface area (Å²) in [7, 11) is 0. The summed E-state index contributed by atoms with van der Waals surface area (Å²) < 4.78 is 11.1. The first-order valence-corrected chi connectivity index (χ1v) is 8.87. The van der Waals surface area contributed by atoms with Crippen molar-refractivity contribution < 1.29 is 9.47 Å². The van der Waals surface area contributed by atoms with Crippen LogP contribution in [0.25, 0.3) is 0 Å². The second kappa shape index (κ2) is 14.8. The number of rotatable bonds is 15. The first kappa shape index (κ1) is 20.8. The zero-order valence-electron chi connectivity index (χ0n) is 15.0. The number of ether oxygens (including phenoxy) is 2. The van der Waals surface area contributed by atoms with Crippen LogP contribution in [0, 0.1) is 0 Å². The molecule has 0 saturated carbocycles. The van der Waals surface area contributed by atoms with E-state index in [0.29, 0.717) is 12.1 Å². The molecule has 4 heteroatoms. The monoisotopic (exact) mass is 302 g/mol. The lowest BCUT2D eigenvalue weighted by Gasteiger charge is -2.37. The van der Waals surface area contributed by atoms with E-state index >= 15 is 0 Å². The first-order chi connectivity index (χ1) is 10.2. The third-order valence-corrected chi connectivity index (χ3v) is 3.87. The Morgan fingerprint density at radius 1 is 0.905 bits per heavy atom. The number of nitrogens with zero attached hydrogens (tertiary/aromatic N) is 1. The zero-order chi connectivity index (χ0) is 15.9. The maximum Gasteiger partial charge on any atom is 0.0593 e. The molecule has 128 valence electrons. The molecule has 0 aromatic heterocycles. The first-order valence-electron chi connectivity index (χ1n) is 8.87. The van der Waals surface area contributed by atoms with E-state index in [4.69, 9.17) is 9.47 Å². The van der Waals surface area contributed by atoms with Crippen molar-refractivity contribution in [2.45, 2.75) is 66.0 Å². The molecule has 0 saturated heterocycles. The van der Waals surface area contributed by atoms with Crippen molar-refractivity contribution in [3.05, 3.63) is 0 Å². The molecule has 2 atom stereocenters. The molecule has 1 N–H and O–H groups in total. The molecule has 0 fully saturated rings. The highest BCUT2D eigenvalue weighted by Gasteiger charge is 2.24. The van der Waals surface area contributed by atoms with Gasteiger partial charge in [0.05, 0.1) is 13.2 Å². The van der Waals surface area contributed by atoms with Gasteiger partial charge >= 0.3 is 0 Å². The summed E-state index contributed by atoms with van der Waals surface area (Å²) >= 11 is 0. The van der Waals surface area contributed by atoms with Crippen LogP contribution in [0.4, 0.5) is 0 Å². The molecule has 0 aliphatic heterocycles. The topological polar surface area (TPSA) is 33.7 Å². The second-order valence-corrected chi connectivity index (χ2v) is 5.36. The molecule has 4 nitrogen and oxygen atoms in total. The standard InChI is InChI=1S/C17H38N2O2/c1-6-11-16(18-8-3)17(7-2)19(12-14-20-9-4)13-15-21-10-5/h16-18H,6-15H2,1-5H3. The van der Waals surface area contributed by atoms with Crippen LogP contribution in [-0.2, 0) is 9.47 Å². The Kier molecular flexibility index (Phi) is 14.7. The Bertz CT molecular complexity index is 199. The van der Waals surface area contributed by atoms with Gasteiger partial charge in [0.2, 0.25) is 0 Å². The number of hydrogen-bond acceptors (Lipinski definition) is 4. The van der Waals surface area contributed by atoms with E-state index in [1.165, 1.54) is 12.8 Å². The second-order valence-electron chi connectivity index (χ2n) is 5.36. The van der Waals surface area contributed by atoms with Gasteiger partial charge in [0.1, 0.15) is 0 Å². The van der Waals surface area contributed by atoms with Crippen molar-refractivity contribution in [2.75, 3.05) is 46.1 Å². The molecule has 0 aliphatic carbocycles. The number of likely N-dealkylation sites (N-methyl/N-ethyl adjacent to an activating group) is 1. The summed E-state index contributed by atoms with van der Waals surface area (Å²) in [5.74, 6) is 0. The van der Waals surface area contributed by atoms with Crippen molar-refractivity contribution in [1.29, 1.82) is 0 Å². The summed E-state index contributed by atoms with van der Waals surface area (Å²) in [6, 6.07) is 1.12. The largest absolute Gasteiger partial charge is 0.380 e.